The average molecular weight is 377 g/mol. The standard InChI is InChI=1S/C16H24O4S3/c1-11(2)9(17)15(13(5,6)19-11)21-16(23-22-15)10(18)12(3,4)20-14(16,7)8/h1-8H3. The first kappa shape index (κ1) is 18.1. The number of Topliss-reactive ketones (excluding diaryl/α,β-unsaturated/α-hetero) is 2. The topological polar surface area (TPSA) is 52.6 Å². The van der Waals surface area contributed by atoms with Gasteiger partial charge in [-0.3, -0.25) is 9.59 Å². The van der Waals surface area contributed by atoms with Gasteiger partial charge in [0.2, 0.25) is 0 Å². The summed E-state index contributed by atoms with van der Waals surface area (Å²) in [7, 11) is 2.95. The molecule has 2 atom stereocenters. The maximum Gasteiger partial charge on any atom is 0.193 e. The molecular formula is C16H24O4S3. The van der Waals surface area contributed by atoms with Gasteiger partial charge in [-0.15, -0.1) is 11.8 Å². The summed E-state index contributed by atoms with van der Waals surface area (Å²) in [4.78, 5) is 26.3. The molecule has 0 aliphatic carbocycles. The van der Waals surface area contributed by atoms with Crippen molar-refractivity contribution in [3.8, 4) is 0 Å². The van der Waals surface area contributed by atoms with Crippen LogP contribution in [0.25, 0.3) is 0 Å². The van der Waals surface area contributed by atoms with Gasteiger partial charge in [-0.25, -0.2) is 0 Å². The molecule has 0 saturated carbocycles. The predicted octanol–water partition coefficient (Wildman–Crippen LogP) is 3.82. The first-order chi connectivity index (χ1) is 10.1. The predicted molar refractivity (Wildman–Crippen MR) is 96.7 cm³/mol. The second kappa shape index (κ2) is 4.53. The van der Waals surface area contributed by atoms with Crippen molar-refractivity contribution in [1.82, 2.24) is 0 Å². The first-order valence-corrected chi connectivity index (χ1v) is 10.7. The molecule has 2 unspecified atom stereocenters. The smallest absolute Gasteiger partial charge is 0.193 e. The molecule has 0 aromatic rings. The van der Waals surface area contributed by atoms with E-state index in [1.54, 1.807) is 0 Å². The highest BCUT2D eigenvalue weighted by Gasteiger charge is 2.78. The number of ether oxygens (including phenoxy) is 2. The van der Waals surface area contributed by atoms with E-state index in [2.05, 4.69) is 0 Å². The molecule has 0 amide bonds. The van der Waals surface area contributed by atoms with Gasteiger partial charge >= 0.3 is 0 Å². The third-order valence-electron chi connectivity index (χ3n) is 4.86. The zero-order valence-electron chi connectivity index (χ0n) is 14.9. The Morgan fingerprint density at radius 2 is 0.957 bits per heavy atom. The van der Waals surface area contributed by atoms with Crippen LogP contribution < -0.4 is 0 Å². The lowest BCUT2D eigenvalue weighted by molar-refractivity contribution is -0.132. The maximum atomic E-state index is 13.2. The number of hydrogen-bond acceptors (Lipinski definition) is 7. The van der Waals surface area contributed by atoms with Gasteiger partial charge in [-0.1, -0.05) is 21.6 Å². The summed E-state index contributed by atoms with van der Waals surface area (Å²) < 4.78 is 10.6. The van der Waals surface area contributed by atoms with E-state index in [4.69, 9.17) is 9.47 Å². The molecule has 0 aromatic heterocycles. The molecule has 23 heavy (non-hydrogen) atoms. The van der Waals surface area contributed by atoms with E-state index in [9.17, 15) is 9.59 Å². The van der Waals surface area contributed by atoms with Crippen molar-refractivity contribution in [2.24, 2.45) is 0 Å². The van der Waals surface area contributed by atoms with E-state index >= 15 is 0 Å². The molecular weight excluding hydrogens is 352 g/mol. The van der Waals surface area contributed by atoms with Crippen molar-refractivity contribution in [2.45, 2.75) is 86.0 Å². The lowest BCUT2D eigenvalue weighted by Crippen LogP contribution is -2.50. The molecule has 0 bridgehead atoms. The molecule has 0 radical (unpaired) electrons. The monoisotopic (exact) mass is 376 g/mol. The van der Waals surface area contributed by atoms with E-state index in [1.165, 1.54) is 33.3 Å². The zero-order valence-corrected chi connectivity index (χ0v) is 17.3. The second-order valence-corrected chi connectivity index (χ2v) is 12.9. The van der Waals surface area contributed by atoms with Crippen molar-refractivity contribution >= 4 is 44.9 Å². The van der Waals surface area contributed by atoms with Crippen LogP contribution in [0.4, 0.5) is 0 Å². The Hall–Kier alpha value is 0.310. The van der Waals surface area contributed by atoms with Crippen molar-refractivity contribution in [1.29, 1.82) is 0 Å². The number of carbonyl (C=O) groups is 2. The van der Waals surface area contributed by atoms with Gasteiger partial charge in [0.05, 0.1) is 11.2 Å². The fourth-order valence-electron chi connectivity index (χ4n) is 3.81. The minimum Gasteiger partial charge on any atom is -0.359 e. The molecule has 3 aliphatic rings. The molecule has 0 aromatic carbocycles. The van der Waals surface area contributed by atoms with Gasteiger partial charge in [0.25, 0.3) is 0 Å². The van der Waals surface area contributed by atoms with Crippen molar-refractivity contribution in [3.05, 3.63) is 0 Å². The normalized spacial score (nSPS) is 43.0. The largest absolute Gasteiger partial charge is 0.359 e. The Morgan fingerprint density at radius 1 is 0.652 bits per heavy atom. The van der Waals surface area contributed by atoms with Crippen LogP contribution in [0.5, 0.6) is 0 Å². The number of rotatable bonds is 0. The molecule has 130 valence electrons. The Kier molecular flexibility index (Phi) is 3.56. The van der Waals surface area contributed by atoms with Gasteiger partial charge in [0.15, 0.2) is 19.7 Å². The molecule has 3 saturated heterocycles. The lowest BCUT2D eigenvalue weighted by Gasteiger charge is -2.36. The summed E-state index contributed by atoms with van der Waals surface area (Å²) in [6.45, 7) is 15.0. The highest BCUT2D eigenvalue weighted by Crippen LogP contribution is 2.76. The molecule has 3 rings (SSSR count). The molecule has 0 N–H and O–H groups in total. The van der Waals surface area contributed by atoms with Crippen molar-refractivity contribution in [3.63, 3.8) is 0 Å². The van der Waals surface area contributed by atoms with E-state index in [-0.39, 0.29) is 11.6 Å². The summed E-state index contributed by atoms with van der Waals surface area (Å²) >= 11 is 1.44. The quantitative estimate of drug-likeness (QED) is 0.596. The number of hydrogen-bond donors (Lipinski definition) is 0. The minimum absolute atomic E-state index is 0.0441. The van der Waals surface area contributed by atoms with E-state index in [1.807, 2.05) is 55.4 Å². The highest BCUT2D eigenvalue weighted by atomic mass is 33.1. The van der Waals surface area contributed by atoms with E-state index < -0.39 is 30.6 Å². The van der Waals surface area contributed by atoms with Gasteiger partial charge in [0.1, 0.15) is 11.2 Å². The number of carbonyl (C=O) groups excluding carboxylic acids is 2. The van der Waals surface area contributed by atoms with Crippen LogP contribution in [-0.4, -0.2) is 42.1 Å². The summed E-state index contributed by atoms with van der Waals surface area (Å²) in [6.07, 6.45) is 0. The Bertz CT molecular complexity index is 558. The minimum atomic E-state index is -0.849. The molecule has 2 spiro atoms. The number of thioether (sulfide) groups is 1. The van der Waals surface area contributed by atoms with Crippen molar-refractivity contribution in [2.75, 3.05) is 0 Å². The zero-order chi connectivity index (χ0) is 17.7. The fraction of sp³-hybridized carbons (Fsp3) is 0.875. The first-order valence-electron chi connectivity index (χ1n) is 7.71. The molecule has 3 fully saturated rings. The van der Waals surface area contributed by atoms with Crippen LogP contribution >= 0.6 is 33.3 Å². The summed E-state index contributed by atoms with van der Waals surface area (Å²) in [5.41, 5.74) is -3.03. The molecule has 3 heterocycles. The number of ketones is 2. The van der Waals surface area contributed by atoms with Crippen molar-refractivity contribution < 1.29 is 19.1 Å². The average Bonchev–Trinajstić information content (AvgIpc) is 2.86. The molecule has 3 aliphatic heterocycles. The highest BCUT2D eigenvalue weighted by molar-refractivity contribution is 8.84. The van der Waals surface area contributed by atoms with Crippen LogP contribution in [0, 0.1) is 0 Å². The van der Waals surface area contributed by atoms with Gasteiger partial charge < -0.3 is 9.47 Å². The summed E-state index contributed by atoms with van der Waals surface area (Å²) in [5, 5.41) is 0. The van der Waals surface area contributed by atoms with Crippen LogP contribution in [0.2, 0.25) is 0 Å². The third kappa shape index (κ3) is 2.03. The van der Waals surface area contributed by atoms with Crippen LogP contribution in [0.15, 0.2) is 0 Å². The van der Waals surface area contributed by atoms with Crippen LogP contribution in [0.1, 0.15) is 55.4 Å². The van der Waals surface area contributed by atoms with Gasteiger partial charge in [-0.2, -0.15) is 0 Å². The molecule has 7 heteroatoms. The van der Waals surface area contributed by atoms with Crippen LogP contribution in [0.3, 0.4) is 0 Å². The Labute approximate surface area is 150 Å². The SMILES string of the molecule is CC1(C)OC(C)(C)C2(SSC3(S2)C(=O)C(C)(C)OC3(C)C)C1=O. The lowest BCUT2D eigenvalue weighted by atomic mass is 9.97. The second-order valence-electron chi connectivity index (χ2n) is 8.41. The van der Waals surface area contributed by atoms with E-state index in [0.717, 1.165) is 0 Å². The van der Waals surface area contributed by atoms with E-state index in [0.29, 0.717) is 0 Å². The third-order valence-corrected chi connectivity index (χ3v) is 12.1. The van der Waals surface area contributed by atoms with Gasteiger partial charge in [0, 0.05) is 0 Å². The van der Waals surface area contributed by atoms with Gasteiger partial charge in [-0.05, 0) is 55.4 Å². The maximum absolute atomic E-state index is 13.2. The van der Waals surface area contributed by atoms with Crippen LogP contribution in [-0.2, 0) is 19.1 Å². The summed E-state index contributed by atoms with van der Waals surface area (Å²) in [5.74, 6) is 0.0883. The fourth-order valence-corrected chi connectivity index (χ4v) is 11.6. The summed E-state index contributed by atoms with van der Waals surface area (Å²) in [6, 6.07) is 0. The molecule has 4 nitrogen and oxygen atoms in total. The Balaban J connectivity index is 2.10. The Morgan fingerprint density at radius 3 is 1.17 bits per heavy atom.